The standard InChI is InChI=1S/C37H40FN5O2/c1-21(31-12-7-14-42(31)2)45-37-27-11-6-15-43(35-24-18-30(35)40-20-24)36(27)29-17-23(9-5-13-39)32(33(38)34(29)41-37)28-19-25(44)16-22-8-3-4-10-26(22)28/h3-4,8,10,16-17,19,21,24,30-31,35,40,44H,5-7,9,11-12,14-15,18,20H2,1-2H3/t21-,24?,30?,31-,35?/m0/s1. The van der Waals surface area contributed by atoms with Crippen molar-refractivity contribution < 1.29 is 14.2 Å². The monoisotopic (exact) mass is 605 g/mol. The van der Waals surface area contributed by atoms with Crippen LogP contribution in [-0.2, 0) is 12.8 Å². The second-order valence-corrected chi connectivity index (χ2v) is 13.5. The van der Waals surface area contributed by atoms with E-state index in [0.717, 1.165) is 78.3 Å². The van der Waals surface area contributed by atoms with Crippen molar-refractivity contribution in [2.75, 3.05) is 31.6 Å². The molecule has 0 radical (unpaired) electrons. The van der Waals surface area contributed by atoms with E-state index < -0.39 is 5.82 Å². The van der Waals surface area contributed by atoms with Gasteiger partial charge in [0.2, 0.25) is 5.88 Å². The molecule has 9 rings (SSSR count). The zero-order valence-electron chi connectivity index (χ0n) is 26.0. The first-order valence-electron chi connectivity index (χ1n) is 16.6. The first kappa shape index (κ1) is 28.5. The first-order valence-corrected chi connectivity index (χ1v) is 16.6. The van der Waals surface area contributed by atoms with Crippen LogP contribution >= 0.6 is 0 Å². The Balaban J connectivity index is 1.38. The molecule has 1 aliphatic carbocycles. The number of fused-ring (bicyclic) bond motifs is 5. The Morgan fingerprint density at radius 2 is 2.04 bits per heavy atom. The summed E-state index contributed by atoms with van der Waals surface area (Å²) in [6.07, 6.45) is 5.81. The molecular formula is C37H40FN5O2. The number of nitrogens with one attached hydrogen (secondary N) is 1. The average Bonchev–Trinajstić information content (AvgIpc) is 3.79. The molecule has 4 aliphatic heterocycles. The fraction of sp³-hybridized carbons (Fsp3) is 0.459. The third-order valence-electron chi connectivity index (χ3n) is 10.9. The van der Waals surface area contributed by atoms with Gasteiger partial charge < -0.3 is 20.1 Å². The van der Waals surface area contributed by atoms with Crippen molar-refractivity contribution in [3.8, 4) is 28.8 Å². The van der Waals surface area contributed by atoms with Crippen molar-refractivity contribution in [2.45, 2.75) is 76.1 Å². The number of rotatable bonds is 7. The van der Waals surface area contributed by atoms with Crippen LogP contribution in [0.3, 0.4) is 0 Å². The molecule has 1 aromatic heterocycles. The number of phenolic OH excluding ortho intramolecular Hbond substituents is 1. The van der Waals surface area contributed by atoms with Crippen LogP contribution in [0.25, 0.3) is 32.8 Å². The fourth-order valence-corrected chi connectivity index (χ4v) is 8.79. The molecule has 1 saturated carbocycles. The van der Waals surface area contributed by atoms with Gasteiger partial charge in [0, 0.05) is 54.1 Å². The van der Waals surface area contributed by atoms with Crippen LogP contribution in [0.5, 0.6) is 11.6 Å². The number of likely N-dealkylation sites (tertiary alicyclic amines) is 1. The van der Waals surface area contributed by atoms with E-state index in [2.05, 4.69) is 41.2 Å². The van der Waals surface area contributed by atoms with E-state index in [0.29, 0.717) is 46.9 Å². The van der Waals surface area contributed by atoms with Crippen molar-refractivity contribution in [2.24, 2.45) is 5.92 Å². The van der Waals surface area contributed by atoms with Gasteiger partial charge >= 0.3 is 0 Å². The predicted octanol–water partition coefficient (Wildman–Crippen LogP) is 6.33. The number of aromatic hydroxyl groups is 1. The van der Waals surface area contributed by atoms with E-state index in [9.17, 15) is 10.4 Å². The number of pyridine rings is 1. The Morgan fingerprint density at radius 1 is 1.18 bits per heavy atom. The molecule has 0 amide bonds. The van der Waals surface area contributed by atoms with Crippen molar-refractivity contribution in [1.29, 1.82) is 5.26 Å². The number of benzene rings is 3. The maximum Gasteiger partial charge on any atom is 0.219 e. The Labute approximate surface area is 263 Å². The summed E-state index contributed by atoms with van der Waals surface area (Å²) in [5.41, 5.74) is 4.20. The molecule has 0 spiro atoms. The highest BCUT2D eigenvalue weighted by Gasteiger charge is 2.51. The number of nitriles is 1. The first-order chi connectivity index (χ1) is 21.9. The lowest BCUT2D eigenvalue weighted by Crippen LogP contribution is -2.56. The SMILES string of the molecule is C[C@H](Oc1nc2c(F)c(-c3cc(O)cc4ccccc34)c(CCC#N)cc2c2c1CCCN2C1C2CNC1C2)[C@@H]1CCCN1C. The summed E-state index contributed by atoms with van der Waals surface area (Å²) < 4.78 is 24.2. The van der Waals surface area contributed by atoms with Crippen molar-refractivity contribution >= 4 is 27.4 Å². The summed E-state index contributed by atoms with van der Waals surface area (Å²) in [4.78, 5) is 9.92. The molecule has 3 aromatic carbocycles. The van der Waals surface area contributed by atoms with Gasteiger partial charge in [0.15, 0.2) is 5.82 Å². The van der Waals surface area contributed by atoms with Gasteiger partial charge in [0.1, 0.15) is 17.4 Å². The van der Waals surface area contributed by atoms with E-state index in [4.69, 9.17) is 9.72 Å². The number of likely N-dealkylation sites (N-methyl/N-ethyl adjacent to an activating group) is 1. The summed E-state index contributed by atoms with van der Waals surface area (Å²) in [5.74, 6) is 0.783. The van der Waals surface area contributed by atoms with Gasteiger partial charge in [-0.1, -0.05) is 24.3 Å². The summed E-state index contributed by atoms with van der Waals surface area (Å²) in [6, 6.07) is 16.5. The van der Waals surface area contributed by atoms with Crippen LogP contribution in [0.15, 0.2) is 42.5 Å². The summed E-state index contributed by atoms with van der Waals surface area (Å²) >= 11 is 0. The molecule has 232 valence electrons. The van der Waals surface area contributed by atoms with Gasteiger partial charge in [0.05, 0.1) is 11.8 Å². The zero-order chi connectivity index (χ0) is 30.8. The van der Waals surface area contributed by atoms with Crippen LogP contribution in [0.4, 0.5) is 10.1 Å². The van der Waals surface area contributed by atoms with Gasteiger partial charge in [-0.3, -0.25) is 4.90 Å². The minimum Gasteiger partial charge on any atom is -0.508 e. The third-order valence-corrected chi connectivity index (χ3v) is 10.9. The van der Waals surface area contributed by atoms with Gasteiger partial charge in [-0.25, -0.2) is 9.37 Å². The molecule has 5 heterocycles. The molecule has 7 nitrogen and oxygen atoms in total. The Bertz CT molecular complexity index is 1840. The van der Waals surface area contributed by atoms with Gasteiger partial charge in [-0.15, -0.1) is 0 Å². The lowest BCUT2D eigenvalue weighted by Gasteiger charge is -2.47. The summed E-state index contributed by atoms with van der Waals surface area (Å²) in [7, 11) is 2.15. The predicted molar refractivity (Wildman–Crippen MR) is 175 cm³/mol. The summed E-state index contributed by atoms with van der Waals surface area (Å²) in [5, 5.41) is 26.5. The molecule has 5 atom stereocenters. The van der Waals surface area contributed by atoms with Crippen LogP contribution in [-0.4, -0.2) is 65.9 Å². The number of nitrogens with zero attached hydrogens (tertiary/aromatic N) is 4. The highest BCUT2D eigenvalue weighted by Crippen LogP contribution is 2.49. The smallest absolute Gasteiger partial charge is 0.219 e. The van der Waals surface area contributed by atoms with E-state index in [1.54, 1.807) is 12.1 Å². The third kappa shape index (κ3) is 4.62. The summed E-state index contributed by atoms with van der Waals surface area (Å²) in [6.45, 7) is 5.11. The quantitative estimate of drug-likeness (QED) is 0.255. The van der Waals surface area contributed by atoms with E-state index >= 15 is 4.39 Å². The number of ether oxygens (including phenoxy) is 1. The minimum absolute atomic E-state index is 0.0745. The molecule has 45 heavy (non-hydrogen) atoms. The lowest BCUT2D eigenvalue weighted by atomic mass is 9.77. The number of aryl methyl sites for hydroxylation is 1. The number of halogens is 1. The average molecular weight is 606 g/mol. The van der Waals surface area contributed by atoms with Gasteiger partial charge in [-0.05, 0) is 105 Å². The number of aromatic nitrogens is 1. The molecule has 4 aromatic rings. The maximum absolute atomic E-state index is 17.4. The van der Waals surface area contributed by atoms with Crippen molar-refractivity contribution in [1.82, 2.24) is 15.2 Å². The number of hydrogen-bond donors (Lipinski definition) is 2. The Hall–Kier alpha value is -3.93. The minimum atomic E-state index is -0.422. The number of phenols is 1. The molecule has 8 heteroatoms. The van der Waals surface area contributed by atoms with Gasteiger partial charge in [-0.2, -0.15) is 5.26 Å². The fourth-order valence-electron chi connectivity index (χ4n) is 8.79. The Morgan fingerprint density at radius 3 is 2.80 bits per heavy atom. The lowest BCUT2D eigenvalue weighted by molar-refractivity contribution is 0.116. The molecule has 4 fully saturated rings. The van der Waals surface area contributed by atoms with Crippen LogP contribution in [0.2, 0.25) is 0 Å². The molecule has 3 unspecified atom stereocenters. The van der Waals surface area contributed by atoms with Crippen molar-refractivity contribution in [3.63, 3.8) is 0 Å². The largest absolute Gasteiger partial charge is 0.508 e. The van der Waals surface area contributed by atoms with Crippen LogP contribution in [0, 0.1) is 23.1 Å². The molecule has 5 aliphatic rings. The number of hydrogen-bond acceptors (Lipinski definition) is 7. The van der Waals surface area contributed by atoms with E-state index in [-0.39, 0.29) is 24.3 Å². The molecule has 3 saturated heterocycles. The number of anilines is 1. The zero-order valence-corrected chi connectivity index (χ0v) is 26.0. The van der Waals surface area contributed by atoms with Crippen LogP contribution < -0.4 is 15.0 Å². The topological polar surface area (TPSA) is 84.6 Å². The van der Waals surface area contributed by atoms with Crippen LogP contribution in [0.1, 0.15) is 50.2 Å². The van der Waals surface area contributed by atoms with Gasteiger partial charge in [0.25, 0.3) is 0 Å². The highest BCUT2D eigenvalue weighted by atomic mass is 19.1. The Kier molecular flexibility index (Phi) is 7.07. The maximum atomic E-state index is 17.4. The highest BCUT2D eigenvalue weighted by molar-refractivity contribution is 6.04. The second kappa shape index (κ2) is 11.1. The van der Waals surface area contributed by atoms with Crippen molar-refractivity contribution in [3.05, 3.63) is 59.4 Å². The van der Waals surface area contributed by atoms with E-state index in [1.807, 2.05) is 24.3 Å². The second-order valence-electron chi connectivity index (χ2n) is 13.5. The molecule has 2 bridgehead atoms. The molecule has 2 N–H and O–H groups in total. The van der Waals surface area contributed by atoms with E-state index in [1.165, 1.54) is 6.42 Å². The normalized spacial score (nSPS) is 24.9. The molecular weight excluding hydrogens is 565 g/mol.